The number of carbonyl (C=O) groups is 2. The van der Waals surface area contributed by atoms with Gasteiger partial charge in [-0.2, -0.15) is 13.2 Å². The summed E-state index contributed by atoms with van der Waals surface area (Å²) in [5, 5.41) is 5.76. The van der Waals surface area contributed by atoms with Gasteiger partial charge in [-0.25, -0.2) is 0 Å². The van der Waals surface area contributed by atoms with Gasteiger partial charge in [0.15, 0.2) is 0 Å². The van der Waals surface area contributed by atoms with Crippen molar-refractivity contribution in [1.82, 2.24) is 10.2 Å². The van der Waals surface area contributed by atoms with Crippen LogP contribution in [-0.2, 0) is 11.0 Å². The summed E-state index contributed by atoms with van der Waals surface area (Å²) in [5.74, 6) is -0.930. The second-order valence-corrected chi connectivity index (χ2v) is 6.66. The summed E-state index contributed by atoms with van der Waals surface area (Å²) in [4.78, 5) is 25.6. The number of nitrogens with one attached hydrogen (secondary N) is 2. The van der Waals surface area contributed by atoms with E-state index in [9.17, 15) is 22.8 Å². The van der Waals surface area contributed by atoms with E-state index in [1.54, 1.807) is 4.90 Å². The highest BCUT2D eigenvalue weighted by Crippen LogP contribution is 2.32. The molecule has 0 radical (unpaired) electrons. The zero-order chi connectivity index (χ0) is 18.2. The third-order valence-electron chi connectivity index (χ3n) is 4.64. The van der Waals surface area contributed by atoms with Crippen molar-refractivity contribution >= 4 is 29.9 Å². The molecule has 2 heterocycles. The van der Waals surface area contributed by atoms with Crippen LogP contribution in [-0.4, -0.2) is 41.9 Å². The summed E-state index contributed by atoms with van der Waals surface area (Å²) in [6.07, 6.45) is -1.76. The highest BCUT2D eigenvalue weighted by Gasteiger charge is 2.34. The summed E-state index contributed by atoms with van der Waals surface area (Å²) in [7, 11) is 0. The molecule has 9 heteroatoms. The van der Waals surface area contributed by atoms with E-state index in [0.29, 0.717) is 19.1 Å². The van der Waals surface area contributed by atoms with E-state index in [1.165, 1.54) is 13.0 Å². The summed E-state index contributed by atoms with van der Waals surface area (Å²) in [6, 6.07) is 3.56. The van der Waals surface area contributed by atoms with E-state index in [-0.39, 0.29) is 29.7 Å². The highest BCUT2D eigenvalue weighted by molar-refractivity contribution is 5.97. The zero-order valence-corrected chi connectivity index (χ0v) is 15.0. The number of rotatable bonds is 2. The standard InChI is InChI=1S/C17H20F3N3O2.ClH/c1-10(24)21-15-7-11(6-12(8-15)17(18,19)20)16(25)23-5-4-13-2-3-14(9-23)22-13;/h6-8,13-14,22H,2-5,9H2,1H3,(H,21,24);1H. The molecule has 2 unspecified atom stereocenters. The highest BCUT2D eigenvalue weighted by atomic mass is 35.5. The van der Waals surface area contributed by atoms with Crippen LogP contribution in [0.25, 0.3) is 0 Å². The Morgan fingerprint density at radius 1 is 1.15 bits per heavy atom. The predicted molar refractivity (Wildman–Crippen MR) is 93.5 cm³/mol. The molecular formula is C17H21ClF3N3O2. The fourth-order valence-corrected chi connectivity index (χ4v) is 3.50. The number of nitrogens with zero attached hydrogens (tertiary/aromatic N) is 1. The molecule has 2 N–H and O–H groups in total. The van der Waals surface area contributed by atoms with Crippen LogP contribution in [0.5, 0.6) is 0 Å². The first kappa shape index (κ1) is 20.5. The van der Waals surface area contributed by atoms with Crippen LogP contribution >= 0.6 is 12.4 Å². The lowest BCUT2D eigenvalue weighted by Crippen LogP contribution is -2.39. The summed E-state index contributed by atoms with van der Waals surface area (Å²) in [5.41, 5.74) is -1.03. The molecule has 1 aromatic carbocycles. The Hall–Kier alpha value is -1.80. The Morgan fingerprint density at radius 2 is 1.85 bits per heavy atom. The van der Waals surface area contributed by atoms with Crippen molar-refractivity contribution in [2.75, 3.05) is 18.4 Å². The van der Waals surface area contributed by atoms with Crippen molar-refractivity contribution in [3.8, 4) is 0 Å². The second kappa shape index (κ2) is 7.84. The molecule has 0 saturated carbocycles. The number of carbonyl (C=O) groups excluding carboxylic acids is 2. The summed E-state index contributed by atoms with van der Waals surface area (Å²) >= 11 is 0. The van der Waals surface area contributed by atoms with Crippen molar-refractivity contribution in [2.24, 2.45) is 0 Å². The van der Waals surface area contributed by atoms with Crippen molar-refractivity contribution in [3.63, 3.8) is 0 Å². The number of hydrogen-bond donors (Lipinski definition) is 2. The average molecular weight is 392 g/mol. The molecule has 0 aliphatic carbocycles. The Bertz CT molecular complexity index is 696. The van der Waals surface area contributed by atoms with Crippen LogP contribution in [0.3, 0.4) is 0 Å². The normalized spacial score (nSPS) is 22.4. The van der Waals surface area contributed by atoms with Gasteiger partial charge in [-0.15, -0.1) is 12.4 Å². The summed E-state index contributed by atoms with van der Waals surface area (Å²) < 4.78 is 39.4. The van der Waals surface area contributed by atoms with E-state index >= 15 is 0 Å². The maximum atomic E-state index is 13.1. The predicted octanol–water partition coefficient (Wildman–Crippen LogP) is 3.05. The van der Waals surface area contributed by atoms with Gasteiger partial charge >= 0.3 is 6.18 Å². The van der Waals surface area contributed by atoms with Crippen molar-refractivity contribution < 1.29 is 22.8 Å². The SMILES string of the molecule is CC(=O)Nc1cc(C(=O)N2CCC3CCC(C2)N3)cc(C(F)(F)F)c1.Cl. The number of hydrogen-bond acceptors (Lipinski definition) is 3. The Morgan fingerprint density at radius 3 is 2.50 bits per heavy atom. The van der Waals surface area contributed by atoms with Gasteiger partial charge in [0, 0.05) is 43.3 Å². The zero-order valence-electron chi connectivity index (χ0n) is 14.2. The maximum Gasteiger partial charge on any atom is 0.416 e. The van der Waals surface area contributed by atoms with Crippen molar-refractivity contribution in [3.05, 3.63) is 29.3 Å². The van der Waals surface area contributed by atoms with Crippen LogP contribution in [0.4, 0.5) is 18.9 Å². The first-order chi connectivity index (χ1) is 11.7. The molecule has 2 bridgehead atoms. The molecule has 0 aromatic heterocycles. The fraction of sp³-hybridized carbons (Fsp3) is 0.529. The molecule has 26 heavy (non-hydrogen) atoms. The molecule has 1 aromatic rings. The number of fused-ring (bicyclic) bond motifs is 2. The van der Waals surface area contributed by atoms with Crippen LogP contribution < -0.4 is 10.6 Å². The minimum atomic E-state index is -4.59. The molecule has 3 rings (SSSR count). The first-order valence-electron chi connectivity index (χ1n) is 8.27. The number of amides is 2. The number of likely N-dealkylation sites (tertiary alicyclic amines) is 1. The Kier molecular flexibility index (Phi) is 6.18. The van der Waals surface area contributed by atoms with Gasteiger partial charge in [-0.05, 0) is 37.5 Å². The molecular weight excluding hydrogens is 371 g/mol. The van der Waals surface area contributed by atoms with Crippen molar-refractivity contribution in [2.45, 2.75) is 44.4 Å². The molecule has 144 valence electrons. The van der Waals surface area contributed by atoms with Gasteiger partial charge in [0.25, 0.3) is 5.91 Å². The lowest BCUT2D eigenvalue weighted by molar-refractivity contribution is -0.137. The smallest absolute Gasteiger partial charge is 0.337 e. The minimum Gasteiger partial charge on any atom is -0.337 e. The van der Waals surface area contributed by atoms with Crippen molar-refractivity contribution in [1.29, 1.82) is 0 Å². The minimum absolute atomic E-state index is 0. The molecule has 2 aliphatic heterocycles. The topological polar surface area (TPSA) is 61.4 Å². The van der Waals surface area contributed by atoms with Gasteiger partial charge in [-0.3, -0.25) is 9.59 Å². The second-order valence-electron chi connectivity index (χ2n) is 6.66. The number of benzene rings is 1. The van der Waals surface area contributed by atoms with Gasteiger partial charge in [0.05, 0.1) is 5.56 Å². The lowest BCUT2D eigenvalue weighted by atomic mass is 10.0. The van der Waals surface area contributed by atoms with Crippen LogP contribution in [0.1, 0.15) is 42.1 Å². The Labute approximate surface area is 155 Å². The van der Waals surface area contributed by atoms with E-state index in [4.69, 9.17) is 0 Å². The quantitative estimate of drug-likeness (QED) is 0.814. The largest absolute Gasteiger partial charge is 0.416 e. The van der Waals surface area contributed by atoms with E-state index in [1.807, 2.05) is 0 Å². The van der Waals surface area contributed by atoms with Crippen LogP contribution in [0.15, 0.2) is 18.2 Å². The van der Waals surface area contributed by atoms with E-state index in [0.717, 1.165) is 31.4 Å². The van der Waals surface area contributed by atoms with Gasteiger partial charge in [0.1, 0.15) is 0 Å². The molecule has 2 saturated heterocycles. The average Bonchev–Trinajstić information content (AvgIpc) is 2.84. The molecule has 5 nitrogen and oxygen atoms in total. The molecule has 2 atom stereocenters. The number of halogens is 4. The maximum absolute atomic E-state index is 13.1. The van der Waals surface area contributed by atoms with Crippen LogP contribution in [0, 0.1) is 0 Å². The summed E-state index contributed by atoms with van der Waals surface area (Å²) in [6.45, 7) is 2.21. The molecule has 2 amide bonds. The van der Waals surface area contributed by atoms with E-state index < -0.39 is 23.6 Å². The number of anilines is 1. The fourth-order valence-electron chi connectivity index (χ4n) is 3.50. The van der Waals surface area contributed by atoms with Crippen LogP contribution in [0.2, 0.25) is 0 Å². The lowest BCUT2D eigenvalue weighted by Gasteiger charge is -2.25. The molecule has 2 fully saturated rings. The Balaban J connectivity index is 0.00000243. The third-order valence-corrected chi connectivity index (χ3v) is 4.64. The third kappa shape index (κ3) is 4.67. The molecule has 2 aliphatic rings. The first-order valence-corrected chi connectivity index (χ1v) is 8.27. The number of alkyl halides is 3. The molecule has 0 spiro atoms. The van der Waals surface area contributed by atoms with Gasteiger partial charge < -0.3 is 15.5 Å². The monoisotopic (exact) mass is 391 g/mol. The van der Waals surface area contributed by atoms with Gasteiger partial charge in [-0.1, -0.05) is 0 Å². The van der Waals surface area contributed by atoms with Gasteiger partial charge in [0.2, 0.25) is 5.91 Å². The van der Waals surface area contributed by atoms with E-state index in [2.05, 4.69) is 10.6 Å².